The Morgan fingerprint density at radius 3 is 2.17 bits per heavy atom. The molecule has 5 atom stereocenters. The van der Waals surface area contributed by atoms with E-state index in [-0.39, 0.29) is 40.1 Å². The molecule has 1 saturated carbocycles. The van der Waals surface area contributed by atoms with Gasteiger partial charge >= 0.3 is 0 Å². The summed E-state index contributed by atoms with van der Waals surface area (Å²) in [6, 6.07) is 7.28. The normalized spacial score (nSPS) is 33.3. The van der Waals surface area contributed by atoms with Crippen molar-refractivity contribution in [2.75, 3.05) is 0 Å². The highest BCUT2D eigenvalue weighted by atomic mass is 32.2. The molecule has 3 nitrogen and oxygen atoms in total. The summed E-state index contributed by atoms with van der Waals surface area (Å²) in [6.45, 7) is 1.96. The van der Waals surface area contributed by atoms with Gasteiger partial charge in [0.05, 0.1) is 15.7 Å². The molecule has 1 aromatic carbocycles. The van der Waals surface area contributed by atoms with Gasteiger partial charge in [-0.15, -0.1) is 0 Å². The minimum Gasteiger partial charge on any atom is -0.294 e. The molecule has 5 rings (SSSR count). The van der Waals surface area contributed by atoms with Crippen LogP contribution in [0.25, 0.3) is 0 Å². The second kappa shape index (κ2) is 5.38. The van der Waals surface area contributed by atoms with Crippen molar-refractivity contribution in [3.05, 3.63) is 53.0 Å². The third-order valence-electron chi connectivity index (χ3n) is 5.33. The number of allylic oxidation sites excluding steroid dienone is 4. The van der Waals surface area contributed by atoms with E-state index in [0.717, 1.165) is 18.4 Å². The van der Waals surface area contributed by atoms with Gasteiger partial charge in [0, 0.05) is 22.8 Å². The lowest BCUT2D eigenvalue weighted by atomic mass is 9.58. The van der Waals surface area contributed by atoms with Crippen molar-refractivity contribution in [2.24, 2.45) is 23.7 Å². The number of Topliss-reactive ketones (excluding diaryl/α,β-unsaturated/α-hetero) is 1. The predicted molar refractivity (Wildman–Crippen MR) is 88.0 cm³/mol. The number of hydrogen-bond donors (Lipinski definition) is 0. The van der Waals surface area contributed by atoms with Crippen molar-refractivity contribution < 1.29 is 13.8 Å². The van der Waals surface area contributed by atoms with Crippen LogP contribution in [0.1, 0.15) is 18.4 Å². The van der Waals surface area contributed by atoms with Gasteiger partial charge in [0.2, 0.25) is 0 Å². The fraction of sp³-hybridized carbons (Fsp3) is 0.368. The Morgan fingerprint density at radius 1 is 0.957 bits per heavy atom. The average molecular weight is 326 g/mol. The lowest BCUT2D eigenvalue weighted by Gasteiger charge is -2.44. The summed E-state index contributed by atoms with van der Waals surface area (Å²) in [5.74, 6) is -0.352. The monoisotopic (exact) mass is 326 g/mol. The van der Waals surface area contributed by atoms with E-state index >= 15 is 0 Å². The van der Waals surface area contributed by atoms with Gasteiger partial charge in [-0.05, 0) is 43.7 Å². The van der Waals surface area contributed by atoms with Gasteiger partial charge in [-0.25, -0.2) is 4.21 Å². The van der Waals surface area contributed by atoms with E-state index in [1.807, 2.05) is 19.1 Å². The molecule has 0 N–H and O–H groups in total. The summed E-state index contributed by atoms with van der Waals surface area (Å²) in [7, 11) is -1.58. The van der Waals surface area contributed by atoms with Crippen LogP contribution < -0.4 is 0 Å². The Balaban J connectivity index is 1.72. The largest absolute Gasteiger partial charge is 0.294 e. The summed E-state index contributed by atoms with van der Waals surface area (Å²) in [5.41, 5.74) is 1.07. The molecule has 0 heterocycles. The van der Waals surface area contributed by atoms with Crippen LogP contribution >= 0.6 is 0 Å². The molecule has 4 aliphatic rings. The Kier molecular flexibility index (Phi) is 3.45. The van der Waals surface area contributed by atoms with Crippen LogP contribution in [0, 0.1) is 30.6 Å². The number of carbonyl (C=O) groups is 2. The molecule has 0 aliphatic heterocycles. The fourth-order valence-electron chi connectivity index (χ4n) is 4.13. The van der Waals surface area contributed by atoms with Crippen molar-refractivity contribution in [3.8, 4) is 0 Å². The Morgan fingerprint density at radius 2 is 1.57 bits per heavy atom. The van der Waals surface area contributed by atoms with E-state index in [9.17, 15) is 13.8 Å². The average Bonchev–Trinajstić information content (AvgIpc) is 2.58. The molecule has 0 saturated heterocycles. The Hall–Kier alpha value is -1.81. The predicted octanol–water partition coefficient (Wildman–Crippen LogP) is 2.97. The molecular weight excluding hydrogens is 308 g/mol. The molecule has 0 radical (unpaired) electrons. The lowest BCUT2D eigenvalue weighted by Crippen LogP contribution is -2.48. The third kappa shape index (κ3) is 2.27. The number of benzene rings is 1. The second-order valence-electron chi connectivity index (χ2n) is 6.70. The molecular formula is C19H18O3S. The van der Waals surface area contributed by atoms with Gasteiger partial charge in [0.15, 0.2) is 11.6 Å². The SMILES string of the molecule is Cc1ccc(S(=O)C2=CC(=O)[C@H]3[C@@H](C2=O)[C@H]2C=C[C@@H]3CC2)cc1. The third-order valence-corrected chi connectivity index (χ3v) is 6.75. The van der Waals surface area contributed by atoms with Crippen LogP contribution in [0.2, 0.25) is 0 Å². The summed E-state index contributed by atoms with van der Waals surface area (Å²) in [6.07, 6.45) is 7.46. The van der Waals surface area contributed by atoms with Crippen LogP contribution in [0.15, 0.2) is 52.3 Å². The van der Waals surface area contributed by atoms with Gasteiger partial charge in [-0.3, -0.25) is 9.59 Å². The molecule has 2 bridgehead atoms. The van der Waals surface area contributed by atoms with Crippen LogP contribution in [0.3, 0.4) is 0 Å². The van der Waals surface area contributed by atoms with E-state index in [2.05, 4.69) is 12.2 Å². The van der Waals surface area contributed by atoms with Crippen LogP contribution in [-0.2, 0) is 20.4 Å². The molecule has 4 aliphatic carbocycles. The van der Waals surface area contributed by atoms with E-state index in [4.69, 9.17) is 0 Å². The first-order chi connectivity index (χ1) is 11.1. The van der Waals surface area contributed by atoms with Crippen molar-refractivity contribution in [1.82, 2.24) is 0 Å². The van der Waals surface area contributed by atoms with Crippen molar-refractivity contribution in [1.29, 1.82) is 0 Å². The molecule has 1 unspecified atom stereocenters. The Bertz CT molecular complexity index is 772. The number of ketones is 2. The maximum atomic E-state index is 12.9. The van der Waals surface area contributed by atoms with E-state index in [1.54, 1.807) is 12.1 Å². The summed E-state index contributed by atoms with van der Waals surface area (Å²) >= 11 is 0. The topological polar surface area (TPSA) is 51.2 Å². The molecule has 0 aromatic heterocycles. The standard InChI is InChI=1S/C19H18O3S/c1-11-2-8-14(9-3-11)23(22)16-10-15(20)17-12-4-6-13(7-5-12)18(17)19(16)21/h2-4,6,8-10,12-13,17-18H,5,7H2,1H3/t12-,13+,17+,18+,23?/m1/s1. The van der Waals surface area contributed by atoms with Gasteiger partial charge in [0.1, 0.15) is 0 Å². The zero-order chi connectivity index (χ0) is 16.1. The smallest absolute Gasteiger partial charge is 0.176 e. The van der Waals surface area contributed by atoms with Gasteiger partial charge < -0.3 is 0 Å². The number of rotatable bonds is 2. The van der Waals surface area contributed by atoms with Crippen LogP contribution in [-0.4, -0.2) is 15.8 Å². The molecule has 118 valence electrons. The van der Waals surface area contributed by atoms with Crippen molar-refractivity contribution in [2.45, 2.75) is 24.7 Å². The van der Waals surface area contributed by atoms with Gasteiger partial charge in [-0.2, -0.15) is 0 Å². The maximum absolute atomic E-state index is 12.9. The lowest BCUT2D eigenvalue weighted by molar-refractivity contribution is -0.134. The highest BCUT2D eigenvalue weighted by Crippen LogP contribution is 2.48. The second-order valence-corrected chi connectivity index (χ2v) is 8.15. The van der Waals surface area contributed by atoms with Crippen LogP contribution in [0.4, 0.5) is 0 Å². The zero-order valence-electron chi connectivity index (χ0n) is 12.9. The first-order valence-electron chi connectivity index (χ1n) is 8.03. The molecule has 23 heavy (non-hydrogen) atoms. The maximum Gasteiger partial charge on any atom is 0.176 e. The molecule has 1 fully saturated rings. The van der Waals surface area contributed by atoms with Gasteiger partial charge in [0.25, 0.3) is 0 Å². The summed E-state index contributed by atoms with van der Waals surface area (Å²) in [5, 5.41) is 0. The highest BCUT2D eigenvalue weighted by Gasteiger charge is 2.51. The summed E-state index contributed by atoms with van der Waals surface area (Å²) < 4.78 is 12.8. The van der Waals surface area contributed by atoms with Crippen molar-refractivity contribution >= 4 is 22.4 Å². The van der Waals surface area contributed by atoms with Crippen LogP contribution in [0.5, 0.6) is 0 Å². The molecule has 0 amide bonds. The number of aryl methyl sites for hydroxylation is 1. The zero-order valence-corrected chi connectivity index (χ0v) is 13.7. The first kappa shape index (κ1) is 14.8. The number of carbonyl (C=O) groups excluding carboxylic acids is 2. The fourth-order valence-corrected chi connectivity index (χ4v) is 5.31. The Labute approximate surface area is 137 Å². The van der Waals surface area contributed by atoms with Gasteiger partial charge in [-0.1, -0.05) is 29.8 Å². The molecule has 4 heteroatoms. The number of fused-ring (bicyclic) bond motifs is 1. The minimum atomic E-state index is -1.58. The first-order valence-corrected chi connectivity index (χ1v) is 9.18. The van der Waals surface area contributed by atoms with Crippen molar-refractivity contribution in [3.63, 3.8) is 0 Å². The molecule has 1 aromatic rings. The number of hydrogen-bond acceptors (Lipinski definition) is 3. The van der Waals surface area contributed by atoms with E-state index in [0.29, 0.717) is 4.90 Å². The quantitative estimate of drug-likeness (QED) is 0.785. The minimum absolute atomic E-state index is 0.0240. The van der Waals surface area contributed by atoms with E-state index in [1.165, 1.54) is 6.08 Å². The van der Waals surface area contributed by atoms with E-state index < -0.39 is 10.8 Å². The highest BCUT2D eigenvalue weighted by molar-refractivity contribution is 7.90. The summed E-state index contributed by atoms with van der Waals surface area (Å²) in [4.78, 5) is 26.3. The molecule has 0 spiro atoms.